The van der Waals surface area contributed by atoms with E-state index in [-0.39, 0.29) is 18.8 Å². The fourth-order valence-corrected chi connectivity index (χ4v) is 1.58. The van der Waals surface area contributed by atoms with Gasteiger partial charge in [-0.15, -0.1) is 0 Å². The molecule has 0 aliphatic rings. The van der Waals surface area contributed by atoms with Crippen LogP contribution in [0.15, 0.2) is 42.7 Å². The highest BCUT2D eigenvalue weighted by Gasteiger charge is 2.12. The van der Waals surface area contributed by atoms with E-state index in [4.69, 9.17) is 10.2 Å². The lowest BCUT2D eigenvalue weighted by Crippen LogP contribution is -2.40. The number of amides is 1. The molecular formula is C14H16N4O3. The molecule has 7 nitrogen and oxygen atoms in total. The highest BCUT2D eigenvalue weighted by Crippen LogP contribution is 2.11. The van der Waals surface area contributed by atoms with Gasteiger partial charge in [0.15, 0.2) is 0 Å². The topological polar surface area (TPSA) is 107 Å². The SMILES string of the molecule is O=C(NC(CO)CO)c1cnc(Nc2ccccc2)nc1. The van der Waals surface area contributed by atoms with Gasteiger partial charge in [-0.3, -0.25) is 4.79 Å². The van der Waals surface area contributed by atoms with Crippen molar-refractivity contribution in [1.29, 1.82) is 0 Å². The maximum Gasteiger partial charge on any atom is 0.254 e. The molecule has 7 heteroatoms. The molecule has 0 unspecified atom stereocenters. The molecular weight excluding hydrogens is 272 g/mol. The predicted molar refractivity (Wildman–Crippen MR) is 77.2 cm³/mol. The molecule has 110 valence electrons. The first-order valence-corrected chi connectivity index (χ1v) is 6.39. The lowest BCUT2D eigenvalue weighted by molar-refractivity contribution is 0.0878. The van der Waals surface area contributed by atoms with E-state index in [9.17, 15) is 4.79 Å². The van der Waals surface area contributed by atoms with Gasteiger partial charge < -0.3 is 20.8 Å². The number of hydrogen-bond donors (Lipinski definition) is 4. The summed E-state index contributed by atoms with van der Waals surface area (Å²) in [5, 5.41) is 23.3. The number of benzene rings is 1. The second-order valence-electron chi connectivity index (χ2n) is 4.32. The van der Waals surface area contributed by atoms with Crippen LogP contribution in [0.3, 0.4) is 0 Å². The molecule has 2 aromatic rings. The van der Waals surface area contributed by atoms with Crippen LogP contribution < -0.4 is 10.6 Å². The summed E-state index contributed by atoms with van der Waals surface area (Å²) >= 11 is 0. The number of hydrogen-bond acceptors (Lipinski definition) is 6. The largest absolute Gasteiger partial charge is 0.394 e. The highest BCUT2D eigenvalue weighted by atomic mass is 16.3. The molecule has 0 saturated heterocycles. The monoisotopic (exact) mass is 288 g/mol. The molecule has 0 radical (unpaired) electrons. The maximum absolute atomic E-state index is 11.8. The Morgan fingerprint density at radius 1 is 1.10 bits per heavy atom. The van der Waals surface area contributed by atoms with Gasteiger partial charge >= 0.3 is 0 Å². The van der Waals surface area contributed by atoms with Crippen LogP contribution in [0, 0.1) is 0 Å². The fraction of sp³-hybridized carbons (Fsp3) is 0.214. The zero-order valence-electron chi connectivity index (χ0n) is 11.2. The molecule has 0 aliphatic carbocycles. The van der Waals surface area contributed by atoms with E-state index in [0.29, 0.717) is 5.95 Å². The Kier molecular flexibility index (Phi) is 5.19. The van der Waals surface area contributed by atoms with E-state index in [2.05, 4.69) is 20.6 Å². The Bertz CT molecular complexity index is 571. The Morgan fingerprint density at radius 2 is 1.71 bits per heavy atom. The number of nitrogens with zero attached hydrogens (tertiary/aromatic N) is 2. The minimum atomic E-state index is -0.695. The van der Waals surface area contributed by atoms with Crippen LogP contribution in [0.5, 0.6) is 0 Å². The van der Waals surface area contributed by atoms with Gasteiger partial charge in [-0.1, -0.05) is 18.2 Å². The van der Waals surface area contributed by atoms with E-state index in [1.807, 2.05) is 30.3 Å². The van der Waals surface area contributed by atoms with Crippen molar-refractivity contribution in [3.05, 3.63) is 48.3 Å². The highest BCUT2D eigenvalue weighted by molar-refractivity contribution is 5.93. The minimum Gasteiger partial charge on any atom is -0.394 e. The number of aliphatic hydroxyl groups is 2. The van der Waals surface area contributed by atoms with Crippen LogP contribution in [0.2, 0.25) is 0 Å². The first-order chi connectivity index (χ1) is 10.2. The van der Waals surface area contributed by atoms with Crippen molar-refractivity contribution in [1.82, 2.24) is 15.3 Å². The molecule has 0 bridgehead atoms. The third-order valence-electron chi connectivity index (χ3n) is 2.72. The molecule has 0 saturated carbocycles. The van der Waals surface area contributed by atoms with Gasteiger partial charge in [-0.05, 0) is 12.1 Å². The second-order valence-corrected chi connectivity index (χ2v) is 4.32. The zero-order chi connectivity index (χ0) is 15.1. The number of anilines is 2. The lowest BCUT2D eigenvalue weighted by Gasteiger charge is -2.13. The Hall–Kier alpha value is -2.51. The second kappa shape index (κ2) is 7.32. The number of carbonyl (C=O) groups is 1. The Labute approximate surface area is 121 Å². The fourth-order valence-electron chi connectivity index (χ4n) is 1.58. The first kappa shape index (κ1) is 14.9. The minimum absolute atomic E-state index is 0.250. The Morgan fingerprint density at radius 3 is 2.29 bits per heavy atom. The number of para-hydroxylation sites is 1. The summed E-state index contributed by atoms with van der Waals surface area (Å²) in [7, 11) is 0. The third kappa shape index (κ3) is 4.23. The van der Waals surface area contributed by atoms with Gasteiger partial charge in [-0.25, -0.2) is 9.97 Å². The van der Waals surface area contributed by atoms with Crippen molar-refractivity contribution >= 4 is 17.5 Å². The summed E-state index contributed by atoms with van der Waals surface area (Å²) in [5.74, 6) is -0.0759. The Balaban J connectivity index is 2.00. The van der Waals surface area contributed by atoms with Gasteiger partial charge in [0.2, 0.25) is 5.95 Å². The van der Waals surface area contributed by atoms with Crippen LogP contribution in [-0.2, 0) is 0 Å². The normalized spacial score (nSPS) is 10.4. The number of rotatable bonds is 6. The smallest absolute Gasteiger partial charge is 0.254 e. The van der Waals surface area contributed by atoms with E-state index in [1.165, 1.54) is 12.4 Å². The lowest BCUT2D eigenvalue weighted by atomic mass is 10.2. The zero-order valence-corrected chi connectivity index (χ0v) is 11.2. The number of aliphatic hydroxyl groups excluding tert-OH is 2. The van der Waals surface area contributed by atoms with Crippen molar-refractivity contribution < 1.29 is 15.0 Å². The quantitative estimate of drug-likeness (QED) is 0.609. The molecule has 2 rings (SSSR count). The van der Waals surface area contributed by atoms with Crippen LogP contribution >= 0.6 is 0 Å². The summed E-state index contributed by atoms with van der Waals surface area (Å²) in [4.78, 5) is 19.9. The molecule has 0 fully saturated rings. The predicted octanol–water partition coefficient (Wildman–Crippen LogP) is 0.303. The van der Waals surface area contributed by atoms with E-state index in [0.717, 1.165) is 5.69 Å². The van der Waals surface area contributed by atoms with Crippen molar-refractivity contribution in [2.75, 3.05) is 18.5 Å². The summed E-state index contributed by atoms with van der Waals surface area (Å²) in [5.41, 5.74) is 1.09. The summed E-state index contributed by atoms with van der Waals surface area (Å²) in [6, 6.07) is 8.72. The number of carbonyl (C=O) groups excluding carboxylic acids is 1. The number of aromatic nitrogens is 2. The average molecular weight is 288 g/mol. The van der Waals surface area contributed by atoms with Gasteiger partial charge in [-0.2, -0.15) is 0 Å². The van der Waals surface area contributed by atoms with E-state index < -0.39 is 11.9 Å². The third-order valence-corrected chi connectivity index (χ3v) is 2.72. The molecule has 0 atom stereocenters. The molecule has 4 N–H and O–H groups in total. The molecule has 1 amide bonds. The maximum atomic E-state index is 11.8. The molecule has 1 heterocycles. The standard InChI is InChI=1S/C14H16N4O3/c19-8-12(9-20)17-13(21)10-6-15-14(16-7-10)18-11-4-2-1-3-5-11/h1-7,12,19-20H,8-9H2,(H,17,21)(H,15,16,18). The average Bonchev–Trinajstić information content (AvgIpc) is 2.54. The van der Waals surface area contributed by atoms with Crippen LogP contribution in [0.1, 0.15) is 10.4 Å². The van der Waals surface area contributed by atoms with Crippen LogP contribution in [0.4, 0.5) is 11.6 Å². The molecule has 1 aromatic heterocycles. The molecule has 0 spiro atoms. The van der Waals surface area contributed by atoms with Crippen LogP contribution in [-0.4, -0.2) is 45.3 Å². The summed E-state index contributed by atoms with van der Waals surface area (Å²) in [6.07, 6.45) is 2.75. The summed E-state index contributed by atoms with van der Waals surface area (Å²) in [6.45, 7) is -0.673. The molecule has 1 aromatic carbocycles. The van der Waals surface area contributed by atoms with Crippen LogP contribution in [0.25, 0.3) is 0 Å². The van der Waals surface area contributed by atoms with Gasteiger partial charge in [0.1, 0.15) is 0 Å². The van der Waals surface area contributed by atoms with Crippen molar-refractivity contribution in [3.8, 4) is 0 Å². The van der Waals surface area contributed by atoms with Gasteiger partial charge in [0.25, 0.3) is 5.91 Å². The van der Waals surface area contributed by atoms with Crippen molar-refractivity contribution in [3.63, 3.8) is 0 Å². The first-order valence-electron chi connectivity index (χ1n) is 6.39. The van der Waals surface area contributed by atoms with Crippen molar-refractivity contribution in [2.24, 2.45) is 0 Å². The molecule has 21 heavy (non-hydrogen) atoms. The van der Waals surface area contributed by atoms with E-state index in [1.54, 1.807) is 0 Å². The molecule has 0 aliphatic heterocycles. The number of nitrogens with one attached hydrogen (secondary N) is 2. The van der Waals surface area contributed by atoms with Crippen molar-refractivity contribution in [2.45, 2.75) is 6.04 Å². The summed E-state index contributed by atoms with van der Waals surface area (Å²) < 4.78 is 0. The van der Waals surface area contributed by atoms with E-state index >= 15 is 0 Å². The van der Waals surface area contributed by atoms with Gasteiger partial charge in [0.05, 0.1) is 24.8 Å². The van der Waals surface area contributed by atoms with Gasteiger partial charge in [0, 0.05) is 18.1 Å².